The van der Waals surface area contributed by atoms with Gasteiger partial charge in [-0.25, -0.2) is 28.5 Å². The van der Waals surface area contributed by atoms with Crippen LogP contribution in [0.4, 0.5) is 5.82 Å². The summed E-state index contributed by atoms with van der Waals surface area (Å²) in [6.45, 7) is 8.57. The first-order valence-electron chi connectivity index (χ1n) is 15.2. The minimum absolute atomic E-state index is 0.197. The van der Waals surface area contributed by atoms with Crippen molar-refractivity contribution in [3.63, 3.8) is 0 Å². The Morgan fingerprint density at radius 3 is 2.09 bits per heavy atom. The molecular weight excluding hydrogens is 650 g/mol. The number of sulfonamides is 1. The molecule has 0 aliphatic carbocycles. The summed E-state index contributed by atoms with van der Waals surface area (Å²) in [6.07, 6.45) is 5.10. The molecule has 0 spiro atoms. The van der Waals surface area contributed by atoms with E-state index in [1.54, 1.807) is 29.2 Å². The van der Waals surface area contributed by atoms with E-state index in [1.165, 1.54) is 0 Å². The highest BCUT2D eigenvalue weighted by Crippen LogP contribution is 2.37. The molecule has 0 aliphatic rings. The zero-order valence-electron chi connectivity index (χ0n) is 27.1. The summed E-state index contributed by atoms with van der Waals surface area (Å²) >= 11 is 6.06. The first kappa shape index (κ1) is 34.4. The van der Waals surface area contributed by atoms with Crippen molar-refractivity contribution < 1.29 is 12.8 Å². The number of benzene rings is 3. The summed E-state index contributed by atoms with van der Waals surface area (Å²) in [6, 6.07) is 27.3. The predicted molar refractivity (Wildman–Crippen MR) is 191 cm³/mol. The van der Waals surface area contributed by atoms with E-state index in [4.69, 9.17) is 21.0 Å². The van der Waals surface area contributed by atoms with E-state index in [2.05, 4.69) is 70.7 Å². The van der Waals surface area contributed by atoms with Crippen LogP contribution in [0.25, 0.3) is 22.5 Å². The first-order valence-corrected chi connectivity index (χ1v) is 19.2. The number of halogens is 1. The quantitative estimate of drug-likeness (QED) is 0.117. The second-order valence-electron chi connectivity index (χ2n) is 12.4. The van der Waals surface area contributed by atoms with E-state index in [-0.39, 0.29) is 11.6 Å². The van der Waals surface area contributed by atoms with Gasteiger partial charge in [0, 0.05) is 35.4 Å². The molecule has 0 saturated heterocycles. The molecule has 5 aromatic rings. The zero-order valence-corrected chi connectivity index (χ0v) is 29.7. The number of hydrogen-bond donors (Lipinski definition) is 3. The van der Waals surface area contributed by atoms with Gasteiger partial charge < -0.3 is 9.85 Å². The maximum Gasteiger partial charge on any atom is 0.261 e. The third kappa shape index (κ3) is 8.15. The third-order valence-corrected chi connectivity index (χ3v) is 14.2. The fraction of sp³-hybridized carbons (Fsp3) is 0.265. The van der Waals surface area contributed by atoms with Gasteiger partial charge in [0.05, 0.1) is 24.7 Å². The standard InChI is InChI=1S/C34H40ClN7O3SSi/c1-25(23-45-47(34(2,3)4,29-12-8-6-9-13-29)30-14-10-7-11-15-30)41-46(43,44)24-37-40-33-32(27-20-38-42(5)22-27)39-31(21-36-33)26-16-18-28(35)19-17-26/h6-22,25,37,41H,23-24H2,1-5H3,(H,36,40). The Morgan fingerprint density at radius 2 is 1.53 bits per heavy atom. The monoisotopic (exact) mass is 689 g/mol. The van der Waals surface area contributed by atoms with Gasteiger partial charge in [0.25, 0.3) is 8.32 Å². The SMILES string of the molecule is CC(CO[Si](c1ccccc1)(c1ccccc1)C(C)(C)C)NS(=O)(=O)CNNc1ncc(-c2ccc(Cl)cc2)nc1-c1cnn(C)c1. The maximum absolute atomic E-state index is 13.2. The highest BCUT2D eigenvalue weighted by molar-refractivity contribution is 7.89. The summed E-state index contributed by atoms with van der Waals surface area (Å²) in [5.74, 6) is -0.0575. The minimum Gasteiger partial charge on any atom is -0.406 e. The molecule has 3 N–H and O–H groups in total. The number of aryl methyl sites for hydroxylation is 1. The molecule has 2 heterocycles. The molecule has 13 heteroatoms. The number of aromatic nitrogens is 4. The number of anilines is 1. The van der Waals surface area contributed by atoms with Crippen molar-refractivity contribution in [2.75, 3.05) is 17.9 Å². The Morgan fingerprint density at radius 1 is 0.915 bits per heavy atom. The molecule has 0 bridgehead atoms. The molecule has 3 aromatic carbocycles. The molecule has 5 rings (SSSR count). The van der Waals surface area contributed by atoms with Crippen molar-refractivity contribution in [1.29, 1.82) is 0 Å². The Hall–Kier alpha value is -3.91. The van der Waals surface area contributed by atoms with Gasteiger partial charge in [0.15, 0.2) is 5.82 Å². The topological polar surface area (TPSA) is 123 Å². The third-order valence-electron chi connectivity index (χ3n) is 7.71. The van der Waals surface area contributed by atoms with E-state index in [9.17, 15) is 8.42 Å². The Labute approximate surface area is 282 Å². The van der Waals surface area contributed by atoms with Crippen molar-refractivity contribution in [3.8, 4) is 22.5 Å². The van der Waals surface area contributed by atoms with E-state index in [0.717, 1.165) is 21.5 Å². The highest BCUT2D eigenvalue weighted by Gasteiger charge is 2.50. The van der Waals surface area contributed by atoms with Crippen molar-refractivity contribution in [1.82, 2.24) is 29.9 Å². The maximum atomic E-state index is 13.2. The lowest BCUT2D eigenvalue weighted by Crippen LogP contribution is -2.67. The number of nitrogens with zero attached hydrogens (tertiary/aromatic N) is 4. The second kappa shape index (κ2) is 14.5. The first-order chi connectivity index (χ1) is 22.4. The molecule has 0 radical (unpaired) electrons. The van der Waals surface area contributed by atoms with Gasteiger partial charge >= 0.3 is 0 Å². The summed E-state index contributed by atoms with van der Waals surface area (Å²) in [7, 11) is -4.79. The number of hydrogen-bond acceptors (Lipinski definition) is 8. The number of hydrazine groups is 1. The molecule has 0 fully saturated rings. The predicted octanol–water partition coefficient (Wildman–Crippen LogP) is 4.96. The van der Waals surface area contributed by atoms with Crippen LogP contribution < -0.4 is 25.9 Å². The molecular formula is C34H40ClN7O3SSi. The summed E-state index contributed by atoms with van der Waals surface area (Å²) in [4.78, 5) is 9.34. The Kier molecular flexibility index (Phi) is 10.6. The van der Waals surface area contributed by atoms with Crippen molar-refractivity contribution in [3.05, 3.63) is 109 Å². The normalized spacial score (nSPS) is 13.0. The van der Waals surface area contributed by atoms with Gasteiger partial charge in [-0.3, -0.25) is 4.68 Å². The van der Waals surface area contributed by atoms with Crippen LogP contribution in [0.3, 0.4) is 0 Å². The van der Waals surface area contributed by atoms with E-state index in [0.29, 0.717) is 22.2 Å². The van der Waals surface area contributed by atoms with E-state index < -0.39 is 30.3 Å². The van der Waals surface area contributed by atoms with E-state index in [1.807, 2.05) is 68.7 Å². The number of nitrogens with one attached hydrogen (secondary N) is 3. The lowest BCUT2D eigenvalue weighted by molar-refractivity contribution is 0.270. The van der Waals surface area contributed by atoms with Crippen LogP contribution in [0.2, 0.25) is 10.1 Å². The molecule has 1 unspecified atom stereocenters. The van der Waals surface area contributed by atoms with Crippen LogP contribution in [0.1, 0.15) is 27.7 Å². The van der Waals surface area contributed by atoms with Gasteiger partial charge in [-0.1, -0.05) is 105 Å². The van der Waals surface area contributed by atoms with Gasteiger partial charge in [-0.2, -0.15) is 5.10 Å². The molecule has 246 valence electrons. The molecule has 0 amide bonds. The molecule has 2 aromatic heterocycles. The summed E-state index contributed by atoms with van der Waals surface area (Å²) in [5.41, 5.74) is 8.43. The molecule has 47 heavy (non-hydrogen) atoms. The average molecular weight is 690 g/mol. The van der Waals surface area contributed by atoms with Gasteiger partial charge in [-0.15, -0.1) is 0 Å². The Bertz CT molecular complexity index is 1850. The van der Waals surface area contributed by atoms with Crippen LogP contribution >= 0.6 is 11.6 Å². The van der Waals surface area contributed by atoms with Crippen LogP contribution in [0.15, 0.2) is 104 Å². The van der Waals surface area contributed by atoms with Crippen LogP contribution in [-0.4, -0.2) is 55.0 Å². The molecule has 10 nitrogen and oxygen atoms in total. The summed E-state index contributed by atoms with van der Waals surface area (Å²) < 4.78 is 37.7. The summed E-state index contributed by atoms with van der Waals surface area (Å²) in [5, 5.41) is 6.91. The van der Waals surface area contributed by atoms with Gasteiger partial charge in [0.2, 0.25) is 10.0 Å². The van der Waals surface area contributed by atoms with Gasteiger partial charge in [-0.05, 0) is 34.5 Å². The number of rotatable bonds is 13. The second-order valence-corrected chi connectivity index (χ2v) is 18.9. The Balaban J connectivity index is 1.28. The van der Waals surface area contributed by atoms with Crippen LogP contribution in [0.5, 0.6) is 0 Å². The van der Waals surface area contributed by atoms with Crippen LogP contribution in [0, 0.1) is 0 Å². The molecule has 0 saturated carbocycles. The van der Waals surface area contributed by atoms with E-state index >= 15 is 0 Å². The van der Waals surface area contributed by atoms with Crippen molar-refractivity contribution >= 4 is 46.1 Å². The lowest BCUT2D eigenvalue weighted by Gasteiger charge is -2.43. The minimum atomic E-state index is -3.78. The van der Waals surface area contributed by atoms with Crippen LogP contribution in [-0.2, 0) is 21.5 Å². The molecule has 1 atom stereocenters. The average Bonchev–Trinajstić information content (AvgIpc) is 3.48. The lowest BCUT2D eigenvalue weighted by atomic mass is 10.1. The van der Waals surface area contributed by atoms with Crippen molar-refractivity contribution in [2.45, 2.75) is 38.8 Å². The molecule has 0 aliphatic heterocycles. The van der Waals surface area contributed by atoms with Crippen molar-refractivity contribution in [2.24, 2.45) is 7.05 Å². The largest absolute Gasteiger partial charge is 0.406 e. The smallest absolute Gasteiger partial charge is 0.261 e. The highest BCUT2D eigenvalue weighted by atomic mass is 35.5. The fourth-order valence-corrected chi connectivity index (χ4v) is 11.4. The zero-order chi connectivity index (χ0) is 33.7. The fourth-order valence-electron chi connectivity index (χ4n) is 5.59. The van der Waals surface area contributed by atoms with Gasteiger partial charge in [0.1, 0.15) is 11.6 Å².